The third kappa shape index (κ3) is 8.06. The van der Waals surface area contributed by atoms with E-state index in [0.29, 0.717) is 29.6 Å². The highest BCUT2D eigenvalue weighted by atomic mass is 32.1. The Labute approximate surface area is 249 Å². The molecule has 1 aromatic carbocycles. The van der Waals surface area contributed by atoms with Gasteiger partial charge in [-0.15, -0.1) is 17.9 Å². The van der Waals surface area contributed by atoms with Gasteiger partial charge in [0.25, 0.3) is 0 Å². The third-order valence-corrected chi connectivity index (χ3v) is 7.67. The zero-order chi connectivity index (χ0) is 30.3. The average Bonchev–Trinajstić information content (AvgIpc) is 3.61. The van der Waals surface area contributed by atoms with Crippen LogP contribution >= 0.6 is 11.3 Å². The summed E-state index contributed by atoms with van der Waals surface area (Å²) >= 11 is 1.49. The summed E-state index contributed by atoms with van der Waals surface area (Å²) in [5, 5.41) is 14.7. The second kappa shape index (κ2) is 13.8. The Morgan fingerprint density at radius 3 is 2.52 bits per heavy atom. The van der Waals surface area contributed by atoms with Crippen LogP contribution in [0.1, 0.15) is 59.3 Å². The number of amides is 2. The van der Waals surface area contributed by atoms with Crippen LogP contribution in [0.4, 0.5) is 4.79 Å². The molecule has 1 fully saturated rings. The number of aromatic nitrogens is 2. The molecule has 10 nitrogen and oxygen atoms in total. The normalized spacial score (nSPS) is 17.5. The van der Waals surface area contributed by atoms with Crippen LogP contribution in [0.25, 0.3) is 21.6 Å². The quantitative estimate of drug-likeness (QED) is 0.198. The minimum Gasteiger partial charge on any atom is -0.480 e. The summed E-state index contributed by atoms with van der Waals surface area (Å²) in [6, 6.07) is 9.21. The topological polar surface area (TPSA) is 131 Å². The highest BCUT2D eigenvalue weighted by Gasteiger charge is 2.43. The molecule has 3 atom stereocenters. The molecular weight excluding hydrogens is 556 g/mol. The molecule has 0 spiro atoms. The average molecular weight is 595 g/mol. The van der Waals surface area contributed by atoms with Gasteiger partial charge in [0.1, 0.15) is 29.5 Å². The van der Waals surface area contributed by atoms with Gasteiger partial charge in [0.05, 0.1) is 22.5 Å². The fraction of sp³-hybridized carbons (Fsp3) is 0.452. The second-order valence-electron chi connectivity index (χ2n) is 11.3. The van der Waals surface area contributed by atoms with Crippen molar-refractivity contribution in [2.45, 2.75) is 83.1 Å². The van der Waals surface area contributed by atoms with Crippen LogP contribution in [0.2, 0.25) is 0 Å². The maximum atomic E-state index is 13.8. The van der Waals surface area contributed by atoms with Crippen LogP contribution in [0, 0.1) is 0 Å². The first-order valence-corrected chi connectivity index (χ1v) is 15.0. The molecule has 2 aromatic heterocycles. The van der Waals surface area contributed by atoms with Crippen LogP contribution in [-0.2, 0) is 14.3 Å². The molecule has 1 saturated heterocycles. The van der Waals surface area contributed by atoms with E-state index >= 15 is 0 Å². The molecule has 1 unspecified atom stereocenters. The summed E-state index contributed by atoms with van der Waals surface area (Å²) in [4.78, 5) is 50.4. The number of fused-ring (bicyclic) bond motifs is 1. The molecule has 11 heteroatoms. The summed E-state index contributed by atoms with van der Waals surface area (Å²) < 4.78 is 11.7. The van der Waals surface area contributed by atoms with Crippen molar-refractivity contribution >= 4 is 40.3 Å². The molecular formula is C31H38N4O6S. The van der Waals surface area contributed by atoms with Gasteiger partial charge in [-0.1, -0.05) is 37.1 Å². The van der Waals surface area contributed by atoms with Crippen LogP contribution in [-0.4, -0.2) is 68.3 Å². The monoisotopic (exact) mass is 594 g/mol. The van der Waals surface area contributed by atoms with Crippen molar-refractivity contribution in [3.63, 3.8) is 0 Å². The van der Waals surface area contributed by atoms with Crippen LogP contribution in [0.3, 0.4) is 0 Å². The van der Waals surface area contributed by atoms with Crippen molar-refractivity contribution in [3.05, 3.63) is 54.4 Å². The minimum atomic E-state index is -1.14. The maximum absolute atomic E-state index is 13.8. The molecule has 2 amide bonds. The predicted octanol–water partition coefficient (Wildman–Crippen LogP) is 5.82. The highest BCUT2D eigenvalue weighted by molar-refractivity contribution is 7.13. The van der Waals surface area contributed by atoms with E-state index in [0.717, 1.165) is 24.1 Å². The minimum absolute atomic E-state index is 0.0250. The molecule has 0 aliphatic carbocycles. The lowest BCUT2D eigenvalue weighted by atomic mass is 10.1. The number of hydrogen-bond donors (Lipinski definition) is 2. The fourth-order valence-corrected chi connectivity index (χ4v) is 5.58. The molecule has 2 N–H and O–H groups in total. The Morgan fingerprint density at radius 1 is 1.14 bits per heavy atom. The van der Waals surface area contributed by atoms with Gasteiger partial charge in [0.15, 0.2) is 0 Å². The van der Waals surface area contributed by atoms with E-state index in [1.165, 1.54) is 16.2 Å². The molecule has 0 bridgehead atoms. The van der Waals surface area contributed by atoms with Gasteiger partial charge in [-0.3, -0.25) is 4.79 Å². The number of carbonyl (C=O) groups is 3. The molecule has 1 aliphatic rings. The number of carboxylic acid groups (broad SMARTS) is 1. The largest absolute Gasteiger partial charge is 0.480 e. The number of carboxylic acids is 1. The molecule has 4 rings (SSSR count). The lowest BCUT2D eigenvalue weighted by molar-refractivity contribution is -0.149. The molecule has 0 radical (unpaired) electrons. The zero-order valence-electron chi connectivity index (χ0n) is 24.2. The first-order chi connectivity index (χ1) is 20.1. The zero-order valence-corrected chi connectivity index (χ0v) is 25.1. The number of thiophene rings is 1. The van der Waals surface area contributed by atoms with Gasteiger partial charge < -0.3 is 24.8 Å². The van der Waals surface area contributed by atoms with Crippen molar-refractivity contribution in [2.24, 2.45) is 0 Å². The number of allylic oxidation sites excluding steroid dienone is 1. The molecule has 3 aromatic rings. The number of alkyl carbamates (subject to hydrolysis) is 1. The van der Waals surface area contributed by atoms with Gasteiger partial charge >= 0.3 is 12.1 Å². The van der Waals surface area contributed by atoms with Gasteiger partial charge in [0, 0.05) is 6.42 Å². The first-order valence-electron chi connectivity index (χ1n) is 14.2. The number of unbranched alkanes of at least 4 members (excludes halogenated alkanes) is 3. The van der Waals surface area contributed by atoms with E-state index in [1.807, 2.05) is 47.9 Å². The maximum Gasteiger partial charge on any atom is 0.408 e. The molecule has 1 aliphatic heterocycles. The molecule has 42 heavy (non-hydrogen) atoms. The number of rotatable bonds is 12. The Bertz CT molecular complexity index is 1400. The molecule has 3 heterocycles. The number of benzene rings is 1. The Morgan fingerprint density at radius 2 is 1.88 bits per heavy atom. The van der Waals surface area contributed by atoms with Crippen molar-refractivity contribution in [1.29, 1.82) is 0 Å². The van der Waals surface area contributed by atoms with Crippen LogP contribution in [0.5, 0.6) is 5.88 Å². The summed E-state index contributed by atoms with van der Waals surface area (Å²) in [6.45, 7) is 8.97. The highest BCUT2D eigenvalue weighted by Crippen LogP contribution is 2.34. The number of carbonyl (C=O) groups excluding carboxylic acids is 2. The van der Waals surface area contributed by atoms with Gasteiger partial charge in [-0.25, -0.2) is 19.6 Å². The van der Waals surface area contributed by atoms with E-state index < -0.39 is 41.8 Å². The van der Waals surface area contributed by atoms with Crippen LogP contribution < -0.4 is 10.1 Å². The predicted molar refractivity (Wildman–Crippen MR) is 161 cm³/mol. The van der Waals surface area contributed by atoms with Gasteiger partial charge in [-0.05, 0) is 63.6 Å². The van der Waals surface area contributed by atoms with Gasteiger partial charge in [-0.2, -0.15) is 0 Å². The standard InChI is InChI=1S/C31H38N4O6S/c1-5-6-7-8-9-15-23(34-30(39)41-31(2,3)4)28(36)35-19-20(18-24(35)29(37)38)40-27-26(25-16-12-17-42-25)32-21-13-10-11-14-22(21)33-27/h5,10-14,16-17,20,23-24H,1,6-9,15,18-19H2,2-4H3,(H,34,39)(H,37,38)/t20-,23?,24+/m1/s1. The summed E-state index contributed by atoms with van der Waals surface area (Å²) in [6.07, 6.45) is 4.17. The molecule has 0 saturated carbocycles. The van der Waals surface area contributed by atoms with Crippen molar-refractivity contribution in [2.75, 3.05) is 6.54 Å². The molecule has 224 valence electrons. The van der Waals surface area contributed by atoms with E-state index in [4.69, 9.17) is 19.4 Å². The number of ether oxygens (including phenoxy) is 2. The fourth-order valence-electron chi connectivity index (χ4n) is 4.88. The first kappa shape index (κ1) is 31.0. The van der Waals surface area contributed by atoms with E-state index in [2.05, 4.69) is 11.9 Å². The number of para-hydroxylation sites is 2. The summed E-state index contributed by atoms with van der Waals surface area (Å²) in [7, 11) is 0. The second-order valence-corrected chi connectivity index (χ2v) is 12.2. The summed E-state index contributed by atoms with van der Waals surface area (Å²) in [5.74, 6) is -1.34. The smallest absolute Gasteiger partial charge is 0.408 e. The lowest BCUT2D eigenvalue weighted by Crippen LogP contribution is -2.52. The number of aliphatic carboxylic acids is 1. The van der Waals surface area contributed by atoms with E-state index in [9.17, 15) is 19.5 Å². The Balaban J connectivity index is 1.55. The van der Waals surface area contributed by atoms with Gasteiger partial charge in [0.2, 0.25) is 11.8 Å². The number of nitrogens with one attached hydrogen (secondary N) is 1. The third-order valence-electron chi connectivity index (χ3n) is 6.79. The van der Waals surface area contributed by atoms with Crippen LogP contribution in [0.15, 0.2) is 54.4 Å². The SMILES string of the molecule is C=CCCCCCC(NC(=O)OC(C)(C)C)C(=O)N1C[C@H](Oc2nc3ccccc3nc2-c2cccs2)C[C@H]1C(=O)O. The summed E-state index contributed by atoms with van der Waals surface area (Å²) in [5.41, 5.74) is 1.17. The Kier molecular flexibility index (Phi) is 10.2. The number of likely N-dealkylation sites (tertiary alicyclic amines) is 1. The van der Waals surface area contributed by atoms with Crippen molar-refractivity contribution < 1.29 is 29.0 Å². The van der Waals surface area contributed by atoms with Crippen molar-refractivity contribution in [3.8, 4) is 16.5 Å². The van der Waals surface area contributed by atoms with E-state index in [1.54, 1.807) is 20.8 Å². The number of hydrogen-bond acceptors (Lipinski definition) is 8. The Hall–Kier alpha value is -3.99. The number of nitrogens with zero attached hydrogens (tertiary/aromatic N) is 3. The van der Waals surface area contributed by atoms with E-state index in [-0.39, 0.29) is 18.8 Å². The lowest BCUT2D eigenvalue weighted by Gasteiger charge is -2.28. The van der Waals surface area contributed by atoms with Crippen molar-refractivity contribution in [1.82, 2.24) is 20.2 Å².